The second kappa shape index (κ2) is 8.49. The van der Waals surface area contributed by atoms with Gasteiger partial charge in [-0.1, -0.05) is 24.2 Å². The third kappa shape index (κ3) is 3.83. The Morgan fingerprint density at radius 1 is 1.19 bits per heavy atom. The zero-order chi connectivity index (χ0) is 23.9. The van der Waals surface area contributed by atoms with Crippen molar-refractivity contribution in [1.82, 2.24) is 4.48 Å². The third-order valence-corrected chi connectivity index (χ3v) is 6.20. The Morgan fingerprint density at radius 3 is 2.53 bits per heavy atom. The predicted molar refractivity (Wildman–Crippen MR) is 126 cm³/mol. The van der Waals surface area contributed by atoms with Crippen LogP contribution in [0.2, 0.25) is 0 Å². The summed E-state index contributed by atoms with van der Waals surface area (Å²) in [6.07, 6.45) is 4.67. The number of aryl methyl sites for hydroxylation is 2. The van der Waals surface area contributed by atoms with Crippen molar-refractivity contribution in [1.29, 1.82) is 0 Å². The van der Waals surface area contributed by atoms with Crippen molar-refractivity contribution in [3.63, 3.8) is 0 Å². The van der Waals surface area contributed by atoms with Crippen molar-refractivity contribution in [3.05, 3.63) is 82.5 Å². The van der Waals surface area contributed by atoms with Gasteiger partial charge in [-0.25, -0.2) is 4.79 Å². The third-order valence-electron chi connectivity index (χ3n) is 6.20. The number of aliphatic hydroxyl groups excluding tert-OH is 1. The number of allylic oxidation sites excluding steroid dienone is 1. The van der Waals surface area contributed by atoms with E-state index in [0.29, 0.717) is 18.0 Å². The van der Waals surface area contributed by atoms with Crippen LogP contribution in [0.15, 0.2) is 60.3 Å². The average Bonchev–Trinajstić information content (AvgIpc) is 2.75. The number of benzene rings is 2. The highest BCUT2D eigenvalue weighted by atomic mass is 16.5. The highest BCUT2D eigenvalue weighted by molar-refractivity contribution is 6.10. The van der Waals surface area contributed by atoms with Gasteiger partial charge in [-0.3, -0.25) is 4.79 Å². The largest absolute Gasteiger partial charge is 0.458 e. The van der Waals surface area contributed by atoms with E-state index < -0.39 is 18.2 Å². The van der Waals surface area contributed by atoms with E-state index in [1.165, 1.54) is 0 Å². The van der Waals surface area contributed by atoms with Gasteiger partial charge in [0.15, 0.2) is 0 Å². The van der Waals surface area contributed by atoms with Gasteiger partial charge in [0, 0.05) is 24.6 Å². The second-order valence-corrected chi connectivity index (χ2v) is 8.96. The predicted octanol–water partition coefficient (Wildman–Crippen LogP) is 4.84. The molecule has 0 aliphatic carbocycles. The number of rotatable bonds is 4. The van der Waals surface area contributed by atoms with E-state index >= 15 is 0 Å². The number of esters is 1. The lowest BCUT2D eigenvalue weighted by molar-refractivity contribution is -0.156. The first kappa shape index (κ1) is 20.9. The Balaban J connectivity index is 1.92. The minimum Gasteiger partial charge on any atom is -0.458 e. The summed E-state index contributed by atoms with van der Waals surface area (Å²) in [7, 11) is 0. The number of hydrogen-bond donors (Lipinski definition) is 1. The van der Waals surface area contributed by atoms with Gasteiger partial charge in [0.1, 0.15) is 23.5 Å². The number of aliphatic hydroxyl groups is 1. The van der Waals surface area contributed by atoms with Gasteiger partial charge in [0.25, 0.3) is 0 Å². The molecule has 0 bridgehead atoms. The molecule has 1 fully saturated rings. The van der Waals surface area contributed by atoms with E-state index in [1.807, 2.05) is 76.2 Å². The Morgan fingerprint density at radius 2 is 1.88 bits per heavy atom. The van der Waals surface area contributed by atoms with E-state index in [9.17, 15) is 14.7 Å². The molecule has 0 saturated carbocycles. The Labute approximate surface area is 190 Å². The number of amides is 1. The first-order valence-electron chi connectivity index (χ1n) is 11.5. The molecule has 3 atom stereocenters. The summed E-state index contributed by atoms with van der Waals surface area (Å²) in [4.78, 5) is 26.0. The minimum absolute atomic E-state index is 0.00290. The molecule has 0 aromatic heterocycles. The normalized spacial score (nSPS) is 26.1. The van der Waals surface area contributed by atoms with Crippen LogP contribution in [-0.4, -0.2) is 35.2 Å². The zero-order valence-electron chi connectivity index (χ0n) is 20.0. The van der Waals surface area contributed by atoms with Crippen LogP contribution in [0, 0.1) is 13.8 Å². The molecule has 2 aromatic rings. The molecule has 166 valence electrons. The fourth-order valence-electron chi connectivity index (χ4n) is 4.85. The van der Waals surface area contributed by atoms with Crippen LogP contribution in [0.1, 0.15) is 55.1 Å². The summed E-state index contributed by atoms with van der Waals surface area (Å²) in [5.74, 6) is -0.468. The molecule has 4 rings (SSSR count). The standard InChI is InChI=1S/C27H30NO4/c1-17(2)28(22-12-18(3)11-19(4)13-22)21(9-10-24-15-23(29)16-26(30)32-24)14-20-7-5-6-8-25(20)27(28)31/h5-14,17,23-24,29H,15-16H2,1-4H3/q+1/t23-,24-,28?/m1/s1/i11T. The Bertz CT molecular complexity index is 1160. The SMILES string of the molecule is [3H]c1c(C)cc([N+]2(C(C)C)C(=O)c3ccccc3C=C2C=C[C@@H]2C[C@@H](O)CC(=O)O2)cc1C. The molecule has 0 radical (unpaired) electrons. The summed E-state index contributed by atoms with van der Waals surface area (Å²) < 4.78 is 13.7. The lowest BCUT2D eigenvalue weighted by atomic mass is 9.93. The first-order valence-corrected chi connectivity index (χ1v) is 11.0. The molecule has 5 heteroatoms. The number of nitrogens with zero attached hydrogens (tertiary/aromatic N) is 1. The van der Waals surface area contributed by atoms with Crippen LogP contribution in [0.25, 0.3) is 6.08 Å². The Kier molecular flexibility index (Phi) is 5.53. The number of quaternary nitrogens is 1. The molecular weight excluding hydrogens is 402 g/mol. The summed E-state index contributed by atoms with van der Waals surface area (Å²) in [5.41, 5.74) is 4.65. The molecule has 32 heavy (non-hydrogen) atoms. The van der Waals surface area contributed by atoms with Crippen LogP contribution in [-0.2, 0) is 9.53 Å². The molecule has 2 aliphatic rings. The van der Waals surface area contributed by atoms with Gasteiger partial charge in [0.2, 0.25) is 0 Å². The highest BCUT2D eigenvalue weighted by Crippen LogP contribution is 2.41. The van der Waals surface area contributed by atoms with E-state index in [1.54, 1.807) is 6.08 Å². The lowest BCUT2D eigenvalue weighted by Gasteiger charge is -2.42. The lowest BCUT2D eigenvalue weighted by Crippen LogP contribution is -2.59. The van der Waals surface area contributed by atoms with Gasteiger partial charge in [-0.05, 0) is 62.6 Å². The van der Waals surface area contributed by atoms with E-state index in [0.717, 1.165) is 28.1 Å². The van der Waals surface area contributed by atoms with Crippen molar-refractivity contribution in [2.75, 3.05) is 0 Å². The number of hydrogen-bond acceptors (Lipinski definition) is 4. The number of carbonyl (C=O) groups excluding carboxylic acids is 2. The molecule has 2 heterocycles. The molecule has 5 nitrogen and oxygen atoms in total. The summed E-state index contributed by atoms with van der Waals surface area (Å²) >= 11 is 0. The average molecular weight is 435 g/mol. The molecule has 1 N–H and O–H groups in total. The summed E-state index contributed by atoms with van der Waals surface area (Å²) in [5, 5.41) is 9.99. The van der Waals surface area contributed by atoms with E-state index in [-0.39, 0.29) is 22.9 Å². The number of fused-ring (bicyclic) bond motifs is 1. The van der Waals surface area contributed by atoms with Crippen molar-refractivity contribution in [2.24, 2.45) is 0 Å². The number of ether oxygens (including phenoxy) is 1. The van der Waals surface area contributed by atoms with Crippen LogP contribution in [0.3, 0.4) is 0 Å². The van der Waals surface area contributed by atoms with Crippen LogP contribution < -0.4 is 4.48 Å². The molecule has 1 unspecified atom stereocenters. The van der Waals surface area contributed by atoms with Crippen molar-refractivity contribution in [2.45, 2.75) is 58.8 Å². The molecular formula is C27H30NO4+. The quantitative estimate of drug-likeness (QED) is 0.553. The van der Waals surface area contributed by atoms with E-state index in [4.69, 9.17) is 6.11 Å². The summed E-state index contributed by atoms with van der Waals surface area (Å²) in [6.45, 7) is 7.80. The molecule has 2 aromatic carbocycles. The Hall–Kier alpha value is -3.02. The molecule has 0 spiro atoms. The maximum atomic E-state index is 14.2. The topological polar surface area (TPSA) is 63.6 Å². The first-order chi connectivity index (χ1) is 15.6. The van der Waals surface area contributed by atoms with Gasteiger partial charge < -0.3 is 9.84 Å². The summed E-state index contributed by atoms with van der Waals surface area (Å²) in [6, 6.07) is 11.7. The van der Waals surface area contributed by atoms with Gasteiger partial charge in [0.05, 0.1) is 19.5 Å². The van der Waals surface area contributed by atoms with Crippen molar-refractivity contribution < 1.29 is 20.8 Å². The van der Waals surface area contributed by atoms with Crippen LogP contribution in [0.5, 0.6) is 0 Å². The molecule has 2 aliphatic heterocycles. The minimum atomic E-state index is -0.733. The molecule has 1 saturated heterocycles. The zero-order valence-corrected chi connectivity index (χ0v) is 19.0. The maximum Gasteiger partial charge on any atom is 0.356 e. The van der Waals surface area contributed by atoms with Gasteiger partial charge in [-0.2, -0.15) is 4.48 Å². The monoisotopic (exact) mass is 434 g/mol. The smallest absolute Gasteiger partial charge is 0.356 e. The molecule has 1 amide bonds. The fourth-order valence-corrected chi connectivity index (χ4v) is 4.85. The maximum absolute atomic E-state index is 14.2. The van der Waals surface area contributed by atoms with Crippen LogP contribution >= 0.6 is 0 Å². The fraction of sp³-hybridized carbons (Fsp3) is 0.333. The second-order valence-electron chi connectivity index (χ2n) is 8.96. The van der Waals surface area contributed by atoms with Crippen molar-refractivity contribution in [3.8, 4) is 0 Å². The van der Waals surface area contributed by atoms with Gasteiger partial charge in [-0.15, -0.1) is 0 Å². The van der Waals surface area contributed by atoms with Gasteiger partial charge >= 0.3 is 11.9 Å². The van der Waals surface area contributed by atoms with Crippen LogP contribution in [0.4, 0.5) is 5.69 Å². The highest BCUT2D eigenvalue weighted by Gasteiger charge is 2.49. The van der Waals surface area contributed by atoms with E-state index in [2.05, 4.69) is 0 Å². The van der Waals surface area contributed by atoms with Crippen molar-refractivity contribution >= 4 is 23.6 Å². The number of carbonyl (C=O) groups is 2. The number of cyclic esters (lactones) is 1.